The third kappa shape index (κ3) is 3.34. The molecule has 1 aromatic heterocycles. The van der Waals surface area contributed by atoms with Crippen LogP contribution in [0, 0.1) is 12.7 Å². The van der Waals surface area contributed by atoms with Gasteiger partial charge in [-0.1, -0.05) is 19.4 Å². The molecule has 1 aromatic carbocycles. The molecule has 1 heterocycles. The fourth-order valence-electron chi connectivity index (χ4n) is 2.37. The Morgan fingerprint density at radius 2 is 1.74 bits per heavy atom. The molecule has 0 bridgehead atoms. The third-order valence-electron chi connectivity index (χ3n) is 3.60. The highest BCUT2D eigenvalue weighted by atomic mass is 19.4. The lowest BCUT2D eigenvalue weighted by atomic mass is 9.96. The molecule has 7 heteroatoms. The summed E-state index contributed by atoms with van der Waals surface area (Å²) in [7, 11) is 0. The molecule has 0 aliphatic heterocycles. The van der Waals surface area contributed by atoms with Crippen molar-refractivity contribution in [2.75, 3.05) is 0 Å². The minimum atomic E-state index is -4.86. The molecule has 0 fully saturated rings. The van der Waals surface area contributed by atoms with E-state index in [1.165, 1.54) is 37.5 Å². The minimum absolute atomic E-state index is 0.123. The van der Waals surface area contributed by atoms with Crippen molar-refractivity contribution in [1.82, 2.24) is 9.97 Å². The lowest BCUT2D eigenvalue weighted by Gasteiger charge is -2.28. The van der Waals surface area contributed by atoms with Crippen molar-refractivity contribution >= 4 is 0 Å². The van der Waals surface area contributed by atoms with Crippen LogP contribution < -0.4 is 0 Å². The molecule has 0 saturated carbocycles. The second-order valence-corrected chi connectivity index (χ2v) is 5.36. The molecule has 1 atom stereocenters. The van der Waals surface area contributed by atoms with E-state index in [4.69, 9.17) is 0 Å². The van der Waals surface area contributed by atoms with Gasteiger partial charge in [-0.2, -0.15) is 13.2 Å². The Hall–Kier alpha value is -2.02. The third-order valence-corrected chi connectivity index (χ3v) is 3.60. The summed E-state index contributed by atoms with van der Waals surface area (Å²) in [5.74, 6) is -1.09. The van der Waals surface area contributed by atoms with Crippen molar-refractivity contribution < 1.29 is 22.7 Å². The van der Waals surface area contributed by atoms with Crippen LogP contribution in [0.15, 0.2) is 30.6 Å². The maximum absolute atomic E-state index is 13.1. The fraction of sp³-hybridized carbons (Fsp3) is 0.375. The summed E-state index contributed by atoms with van der Waals surface area (Å²) in [6, 6.07) is 4.07. The Labute approximate surface area is 131 Å². The van der Waals surface area contributed by atoms with Gasteiger partial charge in [0.1, 0.15) is 5.82 Å². The summed E-state index contributed by atoms with van der Waals surface area (Å²) >= 11 is 0. The number of benzene rings is 1. The number of aliphatic hydroxyl groups is 1. The van der Waals surface area contributed by atoms with Gasteiger partial charge in [0.25, 0.3) is 0 Å². The van der Waals surface area contributed by atoms with E-state index in [1.54, 1.807) is 6.92 Å². The molecule has 0 spiro atoms. The molecular formula is C16H16F4N2O. The summed E-state index contributed by atoms with van der Waals surface area (Å²) in [6.45, 7) is 3.21. The zero-order valence-corrected chi connectivity index (χ0v) is 12.7. The number of aromatic nitrogens is 2. The molecule has 0 aliphatic carbocycles. The smallest absolute Gasteiger partial charge is 0.374 e. The van der Waals surface area contributed by atoms with E-state index in [-0.39, 0.29) is 6.42 Å². The van der Waals surface area contributed by atoms with E-state index in [2.05, 4.69) is 9.97 Å². The normalized spacial score (nSPS) is 14.6. The Morgan fingerprint density at radius 1 is 1.13 bits per heavy atom. The van der Waals surface area contributed by atoms with E-state index in [0.29, 0.717) is 16.7 Å². The van der Waals surface area contributed by atoms with Gasteiger partial charge in [-0.3, -0.25) is 0 Å². The average molecular weight is 328 g/mol. The number of rotatable bonds is 4. The standard InChI is InChI=1S/C16H16F4N2O/c1-3-6-15(23,16(18,19)20)14-21-8-11(9-22-14)13-5-4-12(17)7-10(13)2/h4-5,7-9,23H,3,6H2,1-2H3. The molecule has 1 N–H and O–H groups in total. The minimum Gasteiger partial charge on any atom is -0.374 e. The van der Waals surface area contributed by atoms with Crippen LogP contribution in [0.1, 0.15) is 31.2 Å². The van der Waals surface area contributed by atoms with E-state index in [9.17, 15) is 22.7 Å². The maximum atomic E-state index is 13.1. The summed E-state index contributed by atoms with van der Waals surface area (Å²) in [5.41, 5.74) is -1.39. The number of hydrogen-bond donors (Lipinski definition) is 1. The number of hydrogen-bond acceptors (Lipinski definition) is 3. The highest BCUT2D eigenvalue weighted by molar-refractivity contribution is 5.65. The van der Waals surface area contributed by atoms with Gasteiger partial charge in [0.2, 0.25) is 5.60 Å². The zero-order valence-electron chi connectivity index (χ0n) is 12.7. The van der Waals surface area contributed by atoms with Crippen LogP contribution in [0.3, 0.4) is 0 Å². The first-order valence-electron chi connectivity index (χ1n) is 7.07. The molecule has 2 rings (SSSR count). The van der Waals surface area contributed by atoms with Crippen molar-refractivity contribution in [3.8, 4) is 11.1 Å². The lowest BCUT2D eigenvalue weighted by Crippen LogP contribution is -2.43. The summed E-state index contributed by atoms with van der Waals surface area (Å²) < 4.78 is 52.5. The summed E-state index contributed by atoms with van der Waals surface area (Å²) in [5, 5.41) is 9.97. The van der Waals surface area contributed by atoms with Gasteiger partial charge in [-0.15, -0.1) is 0 Å². The molecule has 2 aromatic rings. The second kappa shape index (κ2) is 6.23. The van der Waals surface area contributed by atoms with Crippen LogP contribution in [0.4, 0.5) is 17.6 Å². The van der Waals surface area contributed by atoms with Crippen molar-refractivity contribution in [3.05, 3.63) is 47.8 Å². The van der Waals surface area contributed by atoms with Gasteiger partial charge < -0.3 is 5.11 Å². The predicted octanol–water partition coefficient (Wildman–Crippen LogP) is 4.14. The van der Waals surface area contributed by atoms with Crippen molar-refractivity contribution in [3.63, 3.8) is 0 Å². The molecule has 3 nitrogen and oxygen atoms in total. The van der Waals surface area contributed by atoms with Crippen molar-refractivity contribution in [2.24, 2.45) is 0 Å². The fourth-order valence-corrected chi connectivity index (χ4v) is 2.37. The molecule has 23 heavy (non-hydrogen) atoms. The highest BCUT2D eigenvalue weighted by Gasteiger charge is 2.56. The first kappa shape index (κ1) is 17.3. The Balaban J connectivity index is 2.42. The van der Waals surface area contributed by atoms with Crippen LogP contribution >= 0.6 is 0 Å². The molecule has 0 aliphatic rings. The first-order chi connectivity index (χ1) is 10.7. The molecule has 0 radical (unpaired) electrons. The van der Waals surface area contributed by atoms with Crippen LogP contribution in [0.25, 0.3) is 11.1 Å². The van der Waals surface area contributed by atoms with Crippen LogP contribution in [-0.4, -0.2) is 21.3 Å². The number of nitrogens with zero attached hydrogens (tertiary/aromatic N) is 2. The summed E-state index contributed by atoms with van der Waals surface area (Å²) in [6.07, 6.45) is -2.86. The van der Waals surface area contributed by atoms with Crippen LogP contribution in [0.5, 0.6) is 0 Å². The Bertz CT molecular complexity index is 685. The number of alkyl halides is 3. The highest BCUT2D eigenvalue weighted by Crippen LogP contribution is 2.40. The van der Waals surface area contributed by atoms with Gasteiger partial charge in [0.15, 0.2) is 5.82 Å². The van der Waals surface area contributed by atoms with Gasteiger partial charge in [-0.05, 0) is 36.6 Å². The Kier molecular flexibility index (Phi) is 4.70. The van der Waals surface area contributed by atoms with Gasteiger partial charge in [-0.25, -0.2) is 14.4 Å². The molecular weight excluding hydrogens is 312 g/mol. The SMILES string of the molecule is CCCC(O)(c1ncc(-c2ccc(F)cc2C)cn1)C(F)(F)F. The van der Waals surface area contributed by atoms with Crippen molar-refractivity contribution in [1.29, 1.82) is 0 Å². The van der Waals surface area contributed by atoms with Gasteiger partial charge in [0, 0.05) is 18.0 Å². The number of halogens is 4. The molecule has 1 unspecified atom stereocenters. The summed E-state index contributed by atoms with van der Waals surface area (Å²) in [4.78, 5) is 7.40. The van der Waals surface area contributed by atoms with E-state index >= 15 is 0 Å². The maximum Gasteiger partial charge on any atom is 0.424 e. The van der Waals surface area contributed by atoms with Crippen molar-refractivity contribution in [2.45, 2.75) is 38.5 Å². The van der Waals surface area contributed by atoms with Gasteiger partial charge >= 0.3 is 6.18 Å². The molecule has 0 amide bonds. The quantitative estimate of drug-likeness (QED) is 0.858. The second-order valence-electron chi connectivity index (χ2n) is 5.36. The van der Waals surface area contributed by atoms with Crippen LogP contribution in [-0.2, 0) is 5.60 Å². The predicted molar refractivity (Wildman–Crippen MR) is 77.0 cm³/mol. The average Bonchev–Trinajstić information content (AvgIpc) is 2.46. The largest absolute Gasteiger partial charge is 0.424 e. The van der Waals surface area contributed by atoms with E-state index in [0.717, 1.165) is 0 Å². The van der Waals surface area contributed by atoms with Crippen LogP contribution in [0.2, 0.25) is 0 Å². The van der Waals surface area contributed by atoms with E-state index in [1.807, 2.05) is 0 Å². The first-order valence-corrected chi connectivity index (χ1v) is 7.07. The topological polar surface area (TPSA) is 46.0 Å². The molecule has 0 saturated heterocycles. The van der Waals surface area contributed by atoms with Gasteiger partial charge in [0.05, 0.1) is 0 Å². The van der Waals surface area contributed by atoms with E-state index < -0.39 is 29.8 Å². The Morgan fingerprint density at radius 3 is 2.22 bits per heavy atom. The number of aryl methyl sites for hydroxylation is 1. The molecule has 124 valence electrons. The monoisotopic (exact) mass is 328 g/mol. The zero-order chi connectivity index (χ0) is 17.3. The lowest BCUT2D eigenvalue weighted by molar-refractivity contribution is -0.272.